The molecule has 0 spiro atoms. The molecule has 4 atom stereocenters. The zero-order chi connectivity index (χ0) is 14.4. The molecule has 3 aliphatic rings. The van der Waals surface area contributed by atoms with Crippen molar-refractivity contribution < 1.29 is 4.74 Å². The maximum atomic E-state index is 6.46. The van der Waals surface area contributed by atoms with Crippen molar-refractivity contribution in [2.24, 2.45) is 11.8 Å². The molecule has 4 rings (SSSR count). The van der Waals surface area contributed by atoms with Gasteiger partial charge in [0.25, 0.3) is 0 Å². The number of rotatable bonds is 4. The van der Waals surface area contributed by atoms with Crippen molar-refractivity contribution in [1.29, 1.82) is 0 Å². The molecule has 0 saturated carbocycles. The molecule has 0 amide bonds. The third kappa shape index (κ3) is 1.87. The Hall–Kier alpha value is -1.34. The first kappa shape index (κ1) is 13.3. The number of ether oxygens (including phenoxy) is 1. The molecule has 0 N–H and O–H groups in total. The molecule has 1 nitrogen and oxygen atoms in total. The summed E-state index contributed by atoms with van der Waals surface area (Å²) in [4.78, 5) is 0. The van der Waals surface area contributed by atoms with Crippen LogP contribution in [0.25, 0.3) is 0 Å². The third-order valence-electron chi connectivity index (χ3n) is 5.39. The minimum atomic E-state index is 0.301. The molecule has 2 heterocycles. The van der Waals surface area contributed by atoms with Crippen LogP contribution >= 0.6 is 0 Å². The standard InChI is InChI=1S/C20H24O/c1-3-7-13-11-12-14(8-4-2)18-17(13)19-15-9-5-6-10-16(15)20(18)21-19/h5-6,9-12,17-20H,3-4,7-8H2,1-2H3/t17-,18+,19+,20-. The zero-order valence-electron chi connectivity index (χ0n) is 13.0. The smallest absolute Gasteiger partial charge is 0.0909 e. The van der Waals surface area contributed by atoms with E-state index in [1.807, 2.05) is 0 Å². The van der Waals surface area contributed by atoms with Crippen molar-refractivity contribution in [2.45, 2.75) is 51.7 Å². The van der Waals surface area contributed by atoms with E-state index in [0.717, 1.165) is 0 Å². The molecule has 1 aromatic carbocycles. The van der Waals surface area contributed by atoms with Gasteiger partial charge < -0.3 is 4.74 Å². The summed E-state index contributed by atoms with van der Waals surface area (Å²) in [6.45, 7) is 4.56. The van der Waals surface area contributed by atoms with Crippen LogP contribution in [0.4, 0.5) is 0 Å². The molecular formula is C20H24O. The lowest BCUT2D eigenvalue weighted by atomic mass is 9.66. The molecule has 2 bridgehead atoms. The Balaban J connectivity index is 1.78. The molecule has 2 aliphatic heterocycles. The summed E-state index contributed by atoms with van der Waals surface area (Å²) in [5, 5.41) is 0. The molecule has 21 heavy (non-hydrogen) atoms. The average molecular weight is 280 g/mol. The van der Waals surface area contributed by atoms with E-state index in [9.17, 15) is 0 Å². The maximum Gasteiger partial charge on any atom is 0.0909 e. The van der Waals surface area contributed by atoms with Crippen LogP contribution in [0.15, 0.2) is 47.6 Å². The number of hydrogen-bond acceptors (Lipinski definition) is 1. The van der Waals surface area contributed by atoms with Crippen LogP contribution in [0.5, 0.6) is 0 Å². The van der Waals surface area contributed by atoms with Gasteiger partial charge in [-0.05, 0) is 24.0 Å². The van der Waals surface area contributed by atoms with E-state index in [2.05, 4.69) is 50.3 Å². The third-order valence-corrected chi connectivity index (χ3v) is 5.39. The van der Waals surface area contributed by atoms with Crippen LogP contribution in [-0.2, 0) is 4.74 Å². The second-order valence-electron chi connectivity index (χ2n) is 6.64. The summed E-state index contributed by atoms with van der Waals surface area (Å²) < 4.78 is 6.46. The zero-order valence-corrected chi connectivity index (χ0v) is 13.0. The Morgan fingerprint density at radius 3 is 1.71 bits per heavy atom. The fourth-order valence-electron chi connectivity index (χ4n) is 4.63. The lowest BCUT2D eigenvalue weighted by Crippen LogP contribution is -2.27. The Kier molecular flexibility index (Phi) is 3.26. The first-order valence-corrected chi connectivity index (χ1v) is 8.49. The van der Waals surface area contributed by atoms with Crippen molar-refractivity contribution in [2.75, 3.05) is 0 Å². The van der Waals surface area contributed by atoms with Crippen molar-refractivity contribution in [3.05, 3.63) is 58.7 Å². The van der Waals surface area contributed by atoms with Crippen LogP contribution in [0.1, 0.15) is 62.9 Å². The van der Waals surface area contributed by atoms with Gasteiger partial charge in [-0.2, -0.15) is 0 Å². The molecule has 0 unspecified atom stereocenters. The molecular weight excluding hydrogens is 256 g/mol. The number of fused-ring (bicyclic) bond motifs is 8. The first-order chi connectivity index (χ1) is 10.3. The second kappa shape index (κ2) is 5.14. The fraction of sp³-hybridized carbons (Fsp3) is 0.500. The largest absolute Gasteiger partial charge is 0.364 e. The van der Waals surface area contributed by atoms with E-state index in [1.54, 1.807) is 11.1 Å². The predicted octanol–water partition coefficient (Wildman–Crippen LogP) is 5.51. The molecule has 1 aliphatic carbocycles. The molecule has 0 radical (unpaired) electrons. The molecule has 1 aromatic rings. The van der Waals surface area contributed by atoms with Crippen LogP contribution in [0.3, 0.4) is 0 Å². The van der Waals surface area contributed by atoms with Crippen LogP contribution < -0.4 is 0 Å². The van der Waals surface area contributed by atoms with Crippen molar-refractivity contribution in [3.63, 3.8) is 0 Å². The molecule has 1 fully saturated rings. The molecule has 0 aromatic heterocycles. The van der Waals surface area contributed by atoms with Crippen molar-refractivity contribution in [3.8, 4) is 0 Å². The topological polar surface area (TPSA) is 9.23 Å². The van der Waals surface area contributed by atoms with Crippen LogP contribution in [0.2, 0.25) is 0 Å². The Morgan fingerprint density at radius 1 is 0.810 bits per heavy atom. The summed E-state index contributed by atoms with van der Waals surface area (Å²) in [5.41, 5.74) is 6.13. The van der Waals surface area contributed by atoms with Crippen molar-refractivity contribution >= 4 is 0 Å². The van der Waals surface area contributed by atoms with E-state index < -0.39 is 0 Å². The van der Waals surface area contributed by atoms with Gasteiger partial charge in [-0.15, -0.1) is 0 Å². The Morgan fingerprint density at radius 2 is 1.29 bits per heavy atom. The van der Waals surface area contributed by atoms with Crippen LogP contribution in [0, 0.1) is 11.8 Å². The normalized spacial score (nSPS) is 32.5. The van der Waals surface area contributed by atoms with Gasteiger partial charge in [-0.25, -0.2) is 0 Å². The van der Waals surface area contributed by atoms with E-state index in [4.69, 9.17) is 4.74 Å². The van der Waals surface area contributed by atoms with Gasteiger partial charge in [0.1, 0.15) is 0 Å². The highest BCUT2D eigenvalue weighted by Crippen LogP contribution is 2.63. The number of allylic oxidation sites excluding steroid dienone is 2. The summed E-state index contributed by atoms with van der Waals surface area (Å²) in [5.74, 6) is 1.19. The minimum Gasteiger partial charge on any atom is -0.364 e. The highest BCUT2D eigenvalue weighted by molar-refractivity contribution is 5.46. The second-order valence-corrected chi connectivity index (χ2v) is 6.64. The highest BCUT2D eigenvalue weighted by atomic mass is 16.5. The highest BCUT2D eigenvalue weighted by Gasteiger charge is 2.54. The van der Waals surface area contributed by atoms with Gasteiger partial charge in [0, 0.05) is 11.8 Å². The Labute approximate surface area is 127 Å². The van der Waals surface area contributed by atoms with E-state index in [1.165, 1.54) is 36.8 Å². The maximum absolute atomic E-state index is 6.46. The summed E-state index contributed by atoms with van der Waals surface area (Å²) in [6.07, 6.45) is 10.3. The summed E-state index contributed by atoms with van der Waals surface area (Å²) in [7, 11) is 0. The van der Waals surface area contributed by atoms with Crippen molar-refractivity contribution in [1.82, 2.24) is 0 Å². The number of hydrogen-bond donors (Lipinski definition) is 0. The van der Waals surface area contributed by atoms with E-state index in [-0.39, 0.29) is 0 Å². The minimum absolute atomic E-state index is 0.301. The van der Waals surface area contributed by atoms with Gasteiger partial charge >= 0.3 is 0 Å². The molecule has 1 heteroatoms. The molecule has 110 valence electrons. The summed E-state index contributed by atoms with van der Waals surface area (Å²) in [6, 6.07) is 8.87. The average Bonchev–Trinajstić information content (AvgIpc) is 3.08. The molecule has 1 saturated heterocycles. The number of benzene rings is 1. The lowest BCUT2D eigenvalue weighted by Gasteiger charge is -2.35. The van der Waals surface area contributed by atoms with E-state index in [0.29, 0.717) is 24.0 Å². The Bertz CT molecular complexity index is 557. The quantitative estimate of drug-likeness (QED) is 0.706. The first-order valence-electron chi connectivity index (χ1n) is 8.49. The predicted molar refractivity (Wildman–Crippen MR) is 86.0 cm³/mol. The van der Waals surface area contributed by atoms with Gasteiger partial charge in [0.2, 0.25) is 0 Å². The van der Waals surface area contributed by atoms with Gasteiger partial charge in [0.15, 0.2) is 0 Å². The lowest BCUT2D eigenvalue weighted by molar-refractivity contribution is 0.0584. The van der Waals surface area contributed by atoms with Gasteiger partial charge in [-0.1, -0.05) is 74.3 Å². The monoisotopic (exact) mass is 280 g/mol. The van der Waals surface area contributed by atoms with Crippen LogP contribution in [-0.4, -0.2) is 0 Å². The van der Waals surface area contributed by atoms with Gasteiger partial charge in [0.05, 0.1) is 12.2 Å². The van der Waals surface area contributed by atoms with Gasteiger partial charge in [-0.3, -0.25) is 0 Å². The summed E-state index contributed by atoms with van der Waals surface area (Å²) >= 11 is 0. The fourth-order valence-corrected chi connectivity index (χ4v) is 4.63. The SMILES string of the molecule is CCCC1=CC=C(CCC)[C@H]2[C@@H]1[C@H]1O[C@@H]2c2ccccc21. The van der Waals surface area contributed by atoms with E-state index >= 15 is 0 Å².